The molecule has 0 radical (unpaired) electrons. The van der Waals surface area contributed by atoms with Crippen LogP contribution in [0.1, 0.15) is 25.7 Å². The lowest BCUT2D eigenvalue weighted by Gasteiger charge is -2.36. The van der Waals surface area contributed by atoms with Crippen LogP contribution in [0.3, 0.4) is 0 Å². The van der Waals surface area contributed by atoms with Crippen LogP contribution in [0.5, 0.6) is 0 Å². The highest BCUT2D eigenvalue weighted by Gasteiger charge is 2.26. The summed E-state index contributed by atoms with van der Waals surface area (Å²) in [6, 6.07) is 8.35. The topological polar surface area (TPSA) is 38.8 Å². The molecule has 1 aromatic rings. The molecule has 3 fully saturated rings. The SMILES string of the molecule is O=C(Nc1cccc(N2CCN(CC3CC3)CC2)c1)N1CCCC1. The van der Waals surface area contributed by atoms with Crippen molar-refractivity contribution < 1.29 is 4.79 Å². The standard InChI is InChI=1S/C19H28N4O/c24-19(23-8-1-2-9-23)20-17-4-3-5-18(14-17)22-12-10-21(11-13-22)15-16-6-7-16/h3-5,14,16H,1-2,6-13,15H2,(H,20,24). The zero-order valence-corrected chi connectivity index (χ0v) is 14.4. The predicted octanol–water partition coefficient (Wildman–Crippen LogP) is 2.85. The van der Waals surface area contributed by atoms with Crippen LogP contribution in [0, 0.1) is 5.92 Å². The van der Waals surface area contributed by atoms with E-state index in [4.69, 9.17) is 0 Å². The zero-order chi connectivity index (χ0) is 16.4. The van der Waals surface area contributed by atoms with Crippen molar-refractivity contribution in [1.82, 2.24) is 9.80 Å². The van der Waals surface area contributed by atoms with Crippen molar-refractivity contribution in [3.05, 3.63) is 24.3 Å². The summed E-state index contributed by atoms with van der Waals surface area (Å²) in [4.78, 5) is 19.2. The zero-order valence-electron chi connectivity index (χ0n) is 14.4. The maximum absolute atomic E-state index is 12.2. The number of amides is 2. The lowest BCUT2D eigenvalue weighted by Crippen LogP contribution is -2.47. The first kappa shape index (κ1) is 15.8. The molecule has 1 aliphatic carbocycles. The molecule has 2 amide bonds. The molecule has 0 aromatic heterocycles. The Kier molecular flexibility index (Phi) is 4.60. The second-order valence-electron chi connectivity index (χ2n) is 7.41. The molecule has 1 N–H and O–H groups in total. The number of carbonyl (C=O) groups is 1. The first-order valence-electron chi connectivity index (χ1n) is 9.41. The number of hydrogen-bond acceptors (Lipinski definition) is 3. The van der Waals surface area contributed by atoms with E-state index in [-0.39, 0.29) is 6.03 Å². The largest absolute Gasteiger partial charge is 0.369 e. The van der Waals surface area contributed by atoms with E-state index < -0.39 is 0 Å². The number of carbonyl (C=O) groups excluding carboxylic acids is 1. The first-order valence-corrected chi connectivity index (χ1v) is 9.41. The molecule has 1 aromatic carbocycles. The van der Waals surface area contributed by atoms with Gasteiger partial charge >= 0.3 is 6.03 Å². The van der Waals surface area contributed by atoms with Crippen LogP contribution in [-0.4, -0.2) is 61.6 Å². The van der Waals surface area contributed by atoms with Gasteiger partial charge < -0.3 is 15.1 Å². The number of piperazine rings is 1. The molecule has 24 heavy (non-hydrogen) atoms. The lowest BCUT2D eigenvalue weighted by molar-refractivity contribution is 0.222. The van der Waals surface area contributed by atoms with Gasteiger partial charge in [-0.1, -0.05) is 6.07 Å². The molecule has 3 aliphatic rings. The van der Waals surface area contributed by atoms with Gasteiger partial charge in [-0.3, -0.25) is 4.90 Å². The average Bonchev–Trinajstić information content (AvgIpc) is 3.24. The first-order chi connectivity index (χ1) is 11.8. The Labute approximate surface area is 144 Å². The summed E-state index contributed by atoms with van der Waals surface area (Å²) in [6.45, 7) is 7.52. The van der Waals surface area contributed by atoms with E-state index in [0.29, 0.717) is 0 Å². The predicted molar refractivity (Wildman–Crippen MR) is 97.6 cm³/mol. The monoisotopic (exact) mass is 328 g/mol. The molecule has 0 atom stereocenters. The summed E-state index contributed by atoms with van der Waals surface area (Å²) in [5, 5.41) is 3.06. The molecule has 5 heteroatoms. The number of urea groups is 1. The summed E-state index contributed by atoms with van der Waals surface area (Å²) in [5.41, 5.74) is 2.13. The van der Waals surface area contributed by atoms with E-state index in [0.717, 1.165) is 63.7 Å². The number of anilines is 2. The number of hydrogen-bond donors (Lipinski definition) is 1. The molecular formula is C19H28N4O. The quantitative estimate of drug-likeness (QED) is 0.924. The molecule has 0 bridgehead atoms. The normalized spacial score (nSPS) is 22.0. The molecule has 2 aliphatic heterocycles. The molecule has 1 saturated carbocycles. The van der Waals surface area contributed by atoms with E-state index in [2.05, 4.69) is 27.2 Å². The fourth-order valence-corrected chi connectivity index (χ4v) is 3.76. The Morgan fingerprint density at radius 1 is 1.04 bits per heavy atom. The van der Waals surface area contributed by atoms with Crippen molar-refractivity contribution in [1.29, 1.82) is 0 Å². The maximum Gasteiger partial charge on any atom is 0.321 e. The van der Waals surface area contributed by atoms with E-state index in [9.17, 15) is 4.79 Å². The van der Waals surface area contributed by atoms with Gasteiger partial charge in [0.1, 0.15) is 0 Å². The molecular weight excluding hydrogens is 300 g/mol. The minimum atomic E-state index is 0.0407. The smallest absolute Gasteiger partial charge is 0.321 e. The van der Waals surface area contributed by atoms with Gasteiger partial charge in [-0.05, 0) is 49.8 Å². The van der Waals surface area contributed by atoms with Gasteiger partial charge in [0.25, 0.3) is 0 Å². The third-order valence-electron chi connectivity index (χ3n) is 5.44. The molecule has 130 valence electrons. The highest BCUT2D eigenvalue weighted by atomic mass is 16.2. The third-order valence-corrected chi connectivity index (χ3v) is 5.44. The van der Waals surface area contributed by atoms with Crippen molar-refractivity contribution in [2.45, 2.75) is 25.7 Å². The Morgan fingerprint density at radius 3 is 2.50 bits per heavy atom. The summed E-state index contributed by atoms with van der Waals surface area (Å²) in [6.07, 6.45) is 5.11. The molecule has 2 saturated heterocycles. The second-order valence-corrected chi connectivity index (χ2v) is 7.41. The van der Waals surface area contributed by atoms with Gasteiger partial charge in [-0.15, -0.1) is 0 Å². The molecule has 4 rings (SSSR count). The van der Waals surface area contributed by atoms with Crippen LogP contribution in [0.25, 0.3) is 0 Å². The number of nitrogens with zero attached hydrogens (tertiary/aromatic N) is 3. The van der Waals surface area contributed by atoms with Gasteiger partial charge in [0.05, 0.1) is 0 Å². The fourth-order valence-electron chi connectivity index (χ4n) is 3.76. The van der Waals surface area contributed by atoms with Crippen molar-refractivity contribution in [3.8, 4) is 0 Å². The van der Waals surface area contributed by atoms with E-state index in [1.54, 1.807) is 0 Å². The lowest BCUT2D eigenvalue weighted by atomic mass is 10.2. The van der Waals surface area contributed by atoms with Crippen molar-refractivity contribution in [2.24, 2.45) is 5.92 Å². The molecule has 2 heterocycles. The van der Waals surface area contributed by atoms with Crippen LogP contribution in [0.4, 0.5) is 16.2 Å². The Morgan fingerprint density at radius 2 is 1.79 bits per heavy atom. The minimum absolute atomic E-state index is 0.0407. The third kappa shape index (κ3) is 3.83. The van der Waals surface area contributed by atoms with Crippen LogP contribution in [0.15, 0.2) is 24.3 Å². The highest BCUT2D eigenvalue weighted by molar-refractivity contribution is 5.90. The maximum atomic E-state index is 12.2. The van der Waals surface area contributed by atoms with Crippen molar-refractivity contribution in [2.75, 3.05) is 56.0 Å². The van der Waals surface area contributed by atoms with Crippen LogP contribution in [0.2, 0.25) is 0 Å². The van der Waals surface area contributed by atoms with Crippen LogP contribution in [-0.2, 0) is 0 Å². The minimum Gasteiger partial charge on any atom is -0.369 e. The second kappa shape index (κ2) is 7.01. The molecule has 0 spiro atoms. The Balaban J connectivity index is 1.33. The van der Waals surface area contributed by atoms with Crippen LogP contribution < -0.4 is 10.2 Å². The molecule has 0 unspecified atom stereocenters. The van der Waals surface area contributed by atoms with Crippen LogP contribution >= 0.6 is 0 Å². The summed E-state index contributed by atoms with van der Waals surface area (Å²) < 4.78 is 0. The number of likely N-dealkylation sites (tertiary alicyclic amines) is 1. The van der Waals surface area contributed by atoms with Gasteiger partial charge in [-0.2, -0.15) is 0 Å². The van der Waals surface area contributed by atoms with E-state index >= 15 is 0 Å². The fraction of sp³-hybridized carbons (Fsp3) is 0.632. The highest BCUT2D eigenvalue weighted by Crippen LogP contribution is 2.30. The van der Waals surface area contributed by atoms with E-state index in [1.165, 1.54) is 25.1 Å². The number of rotatable bonds is 4. The molecule has 5 nitrogen and oxygen atoms in total. The van der Waals surface area contributed by atoms with Gasteiger partial charge in [0, 0.05) is 57.2 Å². The average molecular weight is 328 g/mol. The van der Waals surface area contributed by atoms with Gasteiger partial charge in [-0.25, -0.2) is 4.79 Å². The Hall–Kier alpha value is -1.75. The summed E-state index contributed by atoms with van der Waals surface area (Å²) in [5.74, 6) is 0.973. The van der Waals surface area contributed by atoms with Gasteiger partial charge in [0.15, 0.2) is 0 Å². The number of nitrogens with one attached hydrogen (secondary N) is 1. The van der Waals surface area contributed by atoms with E-state index in [1.807, 2.05) is 17.0 Å². The van der Waals surface area contributed by atoms with Gasteiger partial charge in [0.2, 0.25) is 0 Å². The Bertz CT molecular complexity index is 572. The van der Waals surface area contributed by atoms with Crippen molar-refractivity contribution >= 4 is 17.4 Å². The summed E-state index contributed by atoms with van der Waals surface area (Å²) >= 11 is 0. The number of benzene rings is 1. The summed E-state index contributed by atoms with van der Waals surface area (Å²) in [7, 11) is 0. The van der Waals surface area contributed by atoms with Crippen molar-refractivity contribution in [3.63, 3.8) is 0 Å².